The second-order valence-corrected chi connectivity index (χ2v) is 8.62. The molecule has 1 atom stereocenters. The van der Waals surface area contributed by atoms with Gasteiger partial charge in [0.2, 0.25) is 0 Å². The Kier molecular flexibility index (Phi) is 9.54. The fourth-order valence-corrected chi connectivity index (χ4v) is 3.62. The number of nitrogens with one attached hydrogen (secondary N) is 2. The van der Waals surface area contributed by atoms with E-state index >= 15 is 0 Å². The van der Waals surface area contributed by atoms with E-state index in [-0.39, 0.29) is 23.7 Å². The Labute approximate surface area is 198 Å². The molecule has 2 N–H and O–H groups in total. The predicted molar refractivity (Wildman–Crippen MR) is 133 cm³/mol. The third kappa shape index (κ3) is 8.82. The van der Waals surface area contributed by atoms with Crippen molar-refractivity contribution in [3.63, 3.8) is 0 Å². The van der Waals surface area contributed by atoms with Gasteiger partial charge in [0.15, 0.2) is 6.61 Å². The van der Waals surface area contributed by atoms with Crippen molar-refractivity contribution >= 4 is 29.8 Å². The summed E-state index contributed by atoms with van der Waals surface area (Å²) >= 11 is 1.56. The lowest BCUT2D eigenvalue weighted by molar-refractivity contribution is -0.123. The summed E-state index contributed by atoms with van der Waals surface area (Å²) in [5.41, 5.74) is 5.60. The lowest BCUT2D eigenvalue weighted by atomic mass is 10.2. The van der Waals surface area contributed by atoms with Gasteiger partial charge in [0.1, 0.15) is 5.75 Å². The fraction of sp³-hybridized carbons (Fsp3) is 0.192. The first kappa shape index (κ1) is 24.1. The molecule has 3 aromatic rings. The van der Waals surface area contributed by atoms with Gasteiger partial charge in [0, 0.05) is 12.3 Å². The maximum atomic E-state index is 12.2. The molecule has 0 radical (unpaired) electrons. The fourth-order valence-electron chi connectivity index (χ4n) is 2.78. The van der Waals surface area contributed by atoms with Gasteiger partial charge < -0.3 is 10.1 Å². The minimum atomic E-state index is -0.217. The van der Waals surface area contributed by atoms with E-state index in [1.807, 2.05) is 67.6 Å². The van der Waals surface area contributed by atoms with Gasteiger partial charge in [0.25, 0.3) is 11.8 Å². The summed E-state index contributed by atoms with van der Waals surface area (Å²) < 4.78 is 5.52. The van der Waals surface area contributed by atoms with Crippen molar-refractivity contribution in [3.8, 4) is 5.75 Å². The van der Waals surface area contributed by atoms with E-state index < -0.39 is 0 Å². The first-order valence-electron chi connectivity index (χ1n) is 10.6. The normalized spacial score (nSPS) is 11.7. The molecule has 0 saturated heterocycles. The Hall–Kier alpha value is -3.58. The maximum Gasteiger partial charge on any atom is 0.258 e. The van der Waals surface area contributed by atoms with Crippen molar-refractivity contribution in [2.45, 2.75) is 24.5 Å². The van der Waals surface area contributed by atoms with Crippen molar-refractivity contribution in [1.29, 1.82) is 0 Å². The topological polar surface area (TPSA) is 79.8 Å². The van der Waals surface area contributed by atoms with E-state index in [2.05, 4.69) is 15.8 Å². The minimum Gasteiger partial charge on any atom is -0.484 e. The van der Waals surface area contributed by atoms with Crippen LogP contribution in [-0.2, 0) is 21.9 Å². The summed E-state index contributed by atoms with van der Waals surface area (Å²) in [6.45, 7) is 2.27. The van der Waals surface area contributed by atoms with Crippen LogP contribution in [0, 0.1) is 0 Å². The highest BCUT2D eigenvalue weighted by Gasteiger charge is 2.12. The summed E-state index contributed by atoms with van der Waals surface area (Å²) in [5.74, 6) is 1.02. The highest BCUT2D eigenvalue weighted by Crippen LogP contribution is 2.17. The third-order valence-corrected chi connectivity index (χ3v) is 5.90. The van der Waals surface area contributed by atoms with Crippen LogP contribution in [0.15, 0.2) is 90.0 Å². The van der Waals surface area contributed by atoms with E-state index in [0.717, 1.165) is 16.9 Å². The molecule has 7 heteroatoms. The minimum absolute atomic E-state index is 0.0607. The molecule has 0 bridgehead atoms. The zero-order valence-electron chi connectivity index (χ0n) is 18.4. The molecule has 0 aliphatic heterocycles. The van der Waals surface area contributed by atoms with E-state index in [0.29, 0.717) is 12.3 Å². The standard InChI is InChI=1S/C26H27N3O3S/c1-20(33-19-23-10-6-3-7-11-23)26(31)29-28-17-22-12-14-24(15-13-22)32-18-25(30)27-16-21-8-4-2-5-9-21/h2-15,17,20H,16,18-19H2,1H3,(H,27,30)(H,29,31)/b28-17-/t20-/m1/s1. The largest absolute Gasteiger partial charge is 0.484 e. The molecule has 170 valence electrons. The SMILES string of the molecule is C[C@@H](SCc1ccccc1)C(=O)N/N=C\c1ccc(OCC(=O)NCc2ccccc2)cc1. The van der Waals surface area contributed by atoms with Crippen LogP contribution < -0.4 is 15.5 Å². The number of nitrogens with zero attached hydrogens (tertiary/aromatic N) is 1. The van der Waals surface area contributed by atoms with Gasteiger partial charge in [-0.3, -0.25) is 9.59 Å². The number of thioether (sulfide) groups is 1. The summed E-state index contributed by atoms with van der Waals surface area (Å²) in [6, 6.07) is 26.9. The van der Waals surface area contributed by atoms with Gasteiger partial charge >= 0.3 is 0 Å². The van der Waals surface area contributed by atoms with Gasteiger partial charge in [-0.05, 0) is 47.9 Å². The first-order valence-corrected chi connectivity index (χ1v) is 11.7. The van der Waals surface area contributed by atoms with Crippen molar-refractivity contribution in [2.75, 3.05) is 6.61 Å². The number of ether oxygens (including phenoxy) is 1. The van der Waals surface area contributed by atoms with E-state index in [1.165, 1.54) is 5.56 Å². The summed E-state index contributed by atoms with van der Waals surface area (Å²) in [5, 5.41) is 6.63. The lowest BCUT2D eigenvalue weighted by Crippen LogP contribution is -2.28. The molecule has 0 heterocycles. The summed E-state index contributed by atoms with van der Waals surface area (Å²) in [7, 11) is 0. The summed E-state index contributed by atoms with van der Waals surface area (Å²) in [4.78, 5) is 24.1. The van der Waals surface area contributed by atoms with Crippen LogP contribution in [0.3, 0.4) is 0 Å². The number of hydrogen-bond donors (Lipinski definition) is 2. The monoisotopic (exact) mass is 461 g/mol. The predicted octanol–water partition coefficient (Wildman–Crippen LogP) is 4.15. The zero-order chi connectivity index (χ0) is 23.3. The van der Waals surface area contributed by atoms with Crippen LogP contribution in [-0.4, -0.2) is 29.9 Å². The molecule has 33 heavy (non-hydrogen) atoms. The molecule has 3 rings (SSSR count). The van der Waals surface area contributed by atoms with Crippen molar-refractivity contribution in [1.82, 2.24) is 10.7 Å². The van der Waals surface area contributed by atoms with E-state index in [4.69, 9.17) is 4.74 Å². The lowest BCUT2D eigenvalue weighted by Gasteiger charge is -2.09. The van der Waals surface area contributed by atoms with Gasteiger partial charge in [-0.2, -0.15) is 5.10 Å². The average Bonchev–Trinajstić information content (AvgIpc) is 2.86. The number of rotatable bonds is 11. The highest BCUT2D eigenvalue weighted by molar-refractivity contribution is 7.99. The van der Waals surface area contributed by atoms with E-state index in [9.17, 15) is 9.59 Å². The molecule has 0 unspecified atom stereocenters. The first-order chi connectivity index (χ1) is 16.1. The van der Waals surface area contributed by atoms with Crippen LogP contribution in [0.1, 0.15) is 23.6 Å². The van der Waals surface area contributed by atoms with Gasteiger partial charge in [-0.1, -0.05) is 60.7 Å². The van der Waals surface area contributed by atoms with Gasteiger partial charge in [-0.25, -0.2) is 5.43 Å². The molecule has 0 saturated carbocycles. The van der Waals surface area contributed by atoms with Crippen LogP contribution in [0.25, 0.3) is 0 Å². The van der Waals surface area contributed by atoms with E-state index in [1.54, 1.807) is 42.2 Å². The second kappa shape index (κ2) is 13.1. The Morgan fingerprint density at radius 3 is 2.24 bits per heavy atom. The highest BCUT2D eigenvalue weighted by atomic mass is 32.2. The molecular formula is C26H27N3O3S. The van der Waals surface area contributed by atoms with Crippen molar-refractivity contribution in [2.24, 2.45) is 5.10 Å². The van der Waals surface area contributed by atoms with Crippen LogP contribution in [0.5, 0.6) is 5.75 Å². The van der Waals surface area contributed by atoms with Crippen LogP contribution in [0.2, 0.25) is 0 Å². The Morgan fingerprint density at radius 1 is 0.939 bits per heavy atom. The molecule has 3 aromatic carbocycles. The van der Waals surface area contributed by atoms with Crippen LogP contribution >= 0.6 is 11.8 Å². The number of amides is 2. The van der Waals surface area contributed by atoms with Crippen molar-refractivity contribution in [3.05, 3.63) is 102 Å². The number of hydrazone groups is 1. The zero-order valence-corrected chi connectivity index (χ0v) is 19.3. The Morgan fingerprint density at radius 2 is 1.58 bits per heavy atom. The number of carbonyl (C=O) groups is 2. The Balaban J connectivity index is 1.36. The molecule has 0 aliphatic rings. The molecule has 6 nitrogen and oxygen atoms in total. The maximum absolute atomic E-state index is 12.2. The number of benzene rings is 3. The molecule has 0 fully saturated rings. The average molecular weight is 462 g/mol. The number of hydrogen-bond acceptors (Lipinski definition) is 5. The molecule has 0 spiro atoms. The summed E-state index contributed by atoms with van der Waals surface area (Å²) in [6.07, 6.45) is 1.57. The molecule has 2 amide bonds. The third-order valence-electron chi connectivity index (χ3n) is 4.68. The Bertz CT molecular complexity index is 1040. The number of carbonyl (C=O) groups excluding carboxylic acids is 2. The molecule has 0 aliphatic carbocycles. The molecular weight excluding hydrogens is 434 g/mol. The van der Waals surface area contributed by atoms with Gasteiger partial charge in [-0.15, -0.1) is 11.8 Å². The van der Waals surface area contributed by atoms with Crippen LogP contribution in [0.4, 0.5) is 0 Å². The molecule has 0 aromatic heterocycles. The van der Waals surface area contributed by atoms with Crippen molar-refractivity contribution < 1.29 is 14.3 Å². The van der Waals surface area contributed by atoms with Gasteiger partial charge in [0.05, 0.1) is 11.5 Å². The quantitative estimate of drug-likeness (QED) is 0.332. The smallest absolute Gasteiger partial charge is 0.258 e. The second-order valence-electron chi connectivity index (χ2n) is 7.29.